The molecule has 0 aliphatic carbocycles. The number of halogens is 1. The Balaban J connectivity index is 2.78. The largest absolute Gasteiger partial charge is 0.507 e. The predicted octanol–water partition coefficient (Wildman–Crippen LogP) is 3.24. The molecule has 0 saturated carbocycles. The van der Waals surface area contributed by atoms with E-state index in [1.165, 1.54) is 0 Å². The van der Waals surface area contributed by atoms with Crippen LogP contribution in [0.3, 0.4) is 0 Å². The van der Waals surface area contributed by atoms with E-state index in [1.807, 2.05) is 19.1 Å². The SMILES string of the molecule is CCCN(CCN(C)C)Cc1cc(Br)cc(C)c1O. The molecule has 0 radical (unpaired) electrons. The Kier molecular flexibility index (Phi) is 6.83. The van der Waals surface area contributed by atoms with Gasteiger partial charge in [0.2, 0.25) is 0 Å². The topological polar surface area (TPSA) is 26.7 Å². The van der Waals surface area contributed by atoms with Gasteiger partial charge in [-0.25, -0.2) is 0 Å². The van der Waals surface area contributed by atoms with Crippen molar-refractivity contribution in [3.05, 3.63) is 27.7 Å². The zero-order chi connectivity index (χ0) is 14.4. The maximum atomic E-state index is 10.2. The van der Waals surface area contributed by atoms with Gasteiger partial charge in [-0.05, 0) is 51.7 Å². The number of phenolic OH excluding ortho intramolecular Hbond substituents is 1. The van der Waals surface area contributed by atoms with Gasteiger partial charge in [0.1, 0.15) is 5.75 Å². The van der Waals surface area contributed by atoms with Crippen LogP contribution in [0.25, 0.3) is 0 Å². The van der Waals surface area contributed by atoms with Crippen LogP contribution in [0.2, 0.25) is 0 Å². The summed E-state index contributed by atoms with van der Waals surface area (Å²) in [5, 5.41) is 10.2. The average Bonchev–Trinajstić information content (AvgIpc) is 2.32. The third kappa shape index (κ3) is 5.51. The van der Waals surface area contributed by atoms with Crippen LogP contribution in [0.5, 0.6) is 5.75 Å². The maximum absolute atomic E-state index is 10.2. The highest BCUT2D eigenvalue weighted by molar-refractivity contribution is 9.10. The summed E-state index contributed by atoms with van der Waals surface area (Å²) in [6.45, 7) is 8.04. The van der Waals surface area contributed by atoms with Crippen LogP contribution in [0.4, 0.5) is 0 Å². The van der Waals surface area contributed by atoms with Crippen molar-refractivity contribution in [1.82, 2.24) is 9.80 Å². The number of aromatic hydroxyl groups is 1. The van der Waals surface area contributed by atoms with E-state index in [9.17, 15) is 5.11 Å². The van der Waals surface area contributed by atoms with Crippen LogP contribution < -0.4 is 0 Å². The Labute approximate surface area is 125 Å². The van der Waals surface area contributed by atoms with E-state index >= 15 is 0 Å². The lowest BCUT2D eigenvalue weighted by Crippen LogP contribution is -2.32. The van der Waals surface area contributed by atoms with Gasteiger partial charge in [0.05, 0.1) is 0 Å². The fourth-order valence-electron chi connectivity index (χ4n) is 2.09. The molecule has 0 spiro atoms. The zero-order valence-electron chi connectivity index (χ0n) is 12.4. The second-order valence-corrected chi connectivity index (χ2v) is 6.23. The fraction of sp³-hybridized carbons (Fsp3) is 0.600. The van der Waals surface area contributed by atoms with Gasteiger partial charge in [0.15, 0.2) is 0 Å². The average molecular weight is 329 g/mol. The van der Waals surface area contributed by atoms with Crippen molar-refractivity contribution in [2.24, 2.45) is 0 Å². The minimum Gasteiger partial charge on any atom is -0.507 e. The molecule has 0 aliphatic heterocycles. The molecule has 0 bridgehead atoms. The molecule has 4 heteroatoms. The second-order valence-electron chi connectivity index (χ2n) is 5.31. The molecule has 1 aromatic carbocycles. The molecule has 0 fully saturated rings. The van der Waals surface area contributed by atoms with Gasteiger partial charge >= 0.3 is 0 Å². The Bertz CT molecular complexity index is 407. The van der Waals surface area contributed by atoms with E-state index in [0.29, 0.717) is 5.75 Å². The first-order chi connectivity index (χ1) is 8.93. The first-order valence-corrected chi connectivity index (χ1v) is 7.58. The van der Waals surface area contributed by atoms with Gasteiger partial charge in [-0.2, -0.15) is 0 Å². The number of hydrogen-bond donors (Lipinski definition) is 1. The van der Waals surface area contributed by atoms with E-state index in [1.54, 1.807) is 0 Å². The zero-order valence-corrected chi connectivity index (χ0v) is 14.0. The summed E-state index contributed by atoms with van der Waals surface area (Å²) in [6.07, 6.45) is 1.13. The second kappa shape index (κ2) is 7.88. The molecular weight excluding hydrogens is 304 g/mol. The van der Waals surface area contributed by atoms with E-state index in [2.05, 4.69) is 46.7 Å². The quantitative estimate of drug-likeness (QED) is 0.832. The van der Waals surface area contributed by atoms with Gasteiger partial charge in [-0.3, -0.25) is 4.90 Å². The molecule has 0 saturated heterocycles. The molecule has 1 rings (SSSR count). The van der Waals surface area contributed by atoms with Crippen molar-refractivity contribution in [1.29, 1.82) is 0 Å². The maximum Gasteiger partial charge on any atom is 0.123 e. The smallest absolute Gasteiger partial charge is 0.123 e. The molecule has 0 amide bonds. The van der Waals surface area contributed by atoms with E-state index in [0.717, 1.165) is 48.2 Å². The van der Waals surface area contributed by atoms with Crippen LogP contribution in [0.1, 0.15) is 24.5 Å². The molecule has 3 nitrogen and oxygen atoms in total. The van der Waals surface area contributed by atoms with Crippen LogP contribution >= 0.6 is 15.9 Å². The summed E-state index contributed by atoms with van der Waals surface area (Å²) in [5.41, 5.74) is 1.92. The van der Waals surface area contributed by atoms with Crippen LogP contribution in [-0.2, 0) is 6.54 Å². The minimum absolute atomic E-state index is 0.425. The van der Waals surface area contributed by atoms with E-state index < -0.39 is 0 Å². The molecule has 0 heterocycles. The Morgan fingerprint density at radius 2 is 1.84 bits per heavy atom. The van der Waals surface area contributed by atoms with Crippen molar-refractivity contribution >= 4 is 15.9 Å². The fourth-order valence-corrected chi connectivity index (χ4v) is 2.71. The van der Waals surface area contributed by atoms with Crippen molar-refractivity contribution < 1.29 is 5.11 Å². The lowest BCUT2D eigenvalue weighted by atomic mass is 10.1. The van der Waals surface area contributed by atoms with Crippen molar-refractivity contribution in [2.75, 3.05) is 33.7 Å². The van der Waals surface area contributed by atoms with Crippen molar-refractivity contribution in [3.8, 4) is 5.75 Å². The van der Waals surface area contributed by atoms with Gasteiger partial charge < -0.3 is 10.0 Å². The lowest BCUT2D eigenvalue weighted by Gasteiger charge is -2.24. The third-order valence-electron chi connectivity index (χ3n) is 3.14. The number of likely N-dealkylation sites (N-methyl/N-ethyl adjacent to an activating group) is 1. The Morgan fingerprint density at radius 1 is 1.16 bits per heavy atom. The number of aryl methyl sites for hydroxylation is 1. The lowest BCUT2D eigenvalue weighted by molar-refractivity contribution is 0.231. The molecule has 0 aromatic heterocycles. The summed E-state index contributed by atoms with van der Waals surface area (Å²) in [7, 11) is 4.18. The van der Waals surface area contributed by atoms with E-state index in [-0.39, 0.29) is 0 Å². The van der Waals surface area contributed by atoms with Crippen molar-refractivity contribution in [2.45, 2.75) is 26.8 Å². The molecule has 19 heavy (non-hydrogen) atoms. The molecule has 1 N–H and O–H groups in total. The molecular formula is C15H25BrN2O. The van der Waals surface area contributed by atoms with Gasteiger partial charge in [0.25, 0.3) is 0 Å². The van der Waals surface area contributed by atoms with Gasteiger partial charge in [-0.15, -0.1) is 0 Å². The monoisotopic (exact) mass is 328 g/mol. The highest BCUT2D eigenvalue weighted by Gasteiger charge is 2.11. The van der Waals surface area contributed by atoms with Gasteiger partial charge in [0, 0.05) is 29.7 Å². The summed E-state index contributed by atoms with van der Waals surface area (Å²) < 4.78 is 1.03. The third-order valence-corrected chi connectivity index (χ3v) is 3.60. The number of nitrogens with zero attached hydrogens (tertiary/aromatic N) is 2. The number of rotatable bonds is 7. The molecule has 0 aliphatic rings. The standard InChI is InChI=1S/C15H25BrN2O/c1-5-6-18(8-7-17(3)4)11-13-10-14(16)9-12(2)15(13)19/h9-10,19H,5-8,11H2,1-4H3. The number of benzene rings is 1. The van der Waals surface area contributed by atoms with Crippen molar-refractivity contribution in [3.63, 3.8) is 0 Å². The highest BCUT2D eigenvalue weighted by Crippen LogP contribution is 2.27. The minimum atomic E-state index is 0.425. The summed E-state index contributed by atoms with van der Waals surface area (Å²) in [6, 6.07) is 3.96. The van der Waals surface area contributed by atoms with Gasteiger partial charge in [-0.1, -0.05) is 22.9 Å². The first-order valence-electron chi connectivity index (χ1n) is 6.79. The normalized spacial score (nSPS) is 11.5. The Hall–Kier alpha value is -0.580. The van der Waals surface area contributed by atoms with Crippen LogP contribution in [0.15, 0.2) is 16.6 Å². The summed E-state index contributed by atoms with van der Waals surface area (Å²) in [5.74, 6) is 0.425. The highest BCUT2D eigenvalue weighted by atomic mass is 79.9. The number of hydrogen-bond acceptors (Lipinski definition) is 3. The molecule has 1 aromatic rings. The number of phenols is 1. The van der Waals surface area contributed by atoms with Crippen LogP contribution in [-0.4, -0.2) is 48.6 Å². The van der Waals surface area contributed by atoms with E-state index in [4.69, 9.17) is 0 Å². The predicted molar refractivity (Wildman–Crippen MR) is 84.7 cm³/mol. The molecule has 0 unspecified atom stereocenters. The summed E-state index contributed by atoms with van der Waals surface area (Å²) >= 11 is 3.50. The first kappa shape index (κ1) is 16.5. The summed E-state index contributed by atoms with van der Waals surface area (Å²) in [4.78, 5) is 4.58. The Morgan fingerprint density at radius 3 is 2.42 bits per heavy atom. The molecule has 108 valence electrons. The van der Waals surface area contributed by atoms with Crippen LogP contribution in [0, 0.1) is 6.92 Å². The molecule has 0 atom stereocenters.